The van der Waals surface area contributed by atoms with Crippen molar-refractivity contribution < 1.29 is 8.42 Å². The van der Waals surface area contributed by atoms with E-state index in [-0.39, 0.29) is 4.90 Å². The minimum absolute atomic E-state index is 0.264. The maximum Gasteiger partial charge on any atom is 0.242 e. The predicted molar refractivity (Wildman–Crippen MR) is 62.4 cm³/mol. The second-order valence-corrected chi connectivity index (χ2v) is 6.94. The van der Waals surface area contributed by atoms with Gasteiger partial charge in [0.1, 0.15) is 4.90 Å². The highest BCUT2D eigenvalue weighted by Gasteiger charge is 2.19. The molecular weight excluding hydrogens is 310 g/mol. The van der Waals surface area contributed by atoms with E-state index >= 15 is 0 Å². The zero-order valence-electron chi connectivity index (χ0n) is 7.38. The topological polar surface area (TPSA) is 46.2 Å². The third kappa shape index (κ3) is 2.70. The van der Waals surface area contributed by atoms with Crippen LogP contribution in [-0.2, 0) is 15.9 Å². The molecule has 0 atom stereocenters. The monoisotopic (exact) mass is 317 g/mol. The Morgan fingerprint density at radius 1 is 1.64 bits per heavy atom. The highest BCUT2D eigenvalue weighted by Crippen LogP contribution is 2.32. The molecule has 7 heteroatoms. The van der Waals surface area contributed by atoms with Gasteiger partial charge in [0.2, 0.25) is 10.0 Å². The molecule has 1 N–H and O–H groups in total. The van der Waals surface area contributed by atoms with Crippen molar-refractivity contribution >= 4 is 48.9 Å². The van der Waals surface area contributed by atoms with Crippen molar-refractivity contribution in [3.05, 3.63) is 14.7 Å². The summed E-state index contributed by atoms with van der Waals surface area (Å²) in [4.78, 5) is 1.09. The fourth-order valence-electron chi connectivity index (χ4n) is 0.915. The van der Waals surface area contributed by atoms with Crippen LogP contribution in [0.1, 0.15) is 11.8 Å². The van der Waals surface area contributed by atoms with Crippen molar-refractivity contribution in [1.29, 1.82) is 0 Å². The van der Waals surface area contributed by atoms with Gasteiger partial charge in [-0.3, -0.25) is 0 Å². The van der Waals surface area contributed by atoms with Gasteiger partial charge in [-0.2, -0.15) is 0 Å². The first-order valence-electron chi connectivity index (χ1n) is 3.85. The minimum atomic E-state index is -3.38. The highest BCUT2D eigenvalue weighted by molar-refractivity contribution is 9.11. The number of hydrogen-bond acceptors (Lipinski definition) is 3. The highest BCUT2D eigenvalue weighted by atomic mass is 79.9. The third-order valence-electron chi connectivity index (χ3n) is 1.46. The Labute approximate surface area is 101 Å². The summed E-state index contributed by atoms with van der Waals surface area (Å²) in [5.74, 6) is 0.324. The van der Waals surface area contributed by atoms with Gasteiger partial charge in [0.05, 0.1) is 9.67 Å². The lowest BCUT2D eigenvalue weighted by Gasteiger charge is -2.01. The first kappa shape index (κ1) is 12.4. The van der Waals surface area contributed by atoms with E-state index in [2.05, 4.69) is 20.7 Å². The molecule has 1 aromatic rings. The fraction of sp³-hybridized carbons (Fsp3) is 0.429. The predicted octanol–water partition coefficient (Wildman–Crippen LogP) is 2.55. The molecule has 0 aliphatic carbocycles. The van der Waals surface area contributed by atoms with Crippen molar-refractivity contribution in [2.24, 2.45) is 0 Å². The summed E-state index contributed by atoms with van der Waals surface area (Å²) >= 11 is 10.2. The molecule has 1 rings (SSSR count). The van der Waals surface area contributed by atoms with E-state index in [9.17, 15) is 8.42 Å². The molecule has 0 radical (unpaired) electrons. The molecule has 0 fully saturated rings. The van der Waals surface area contributed by atoms with E-state index in [0.29, 0.717) is 16.2 Å². The summed E-state index contributed by atoms with van der Waals surface area (Å²) in [6, 6.07) is 1.58. The molecule has 0 aliphatic heterocycles. The second-order valence-electron chi connectivity index (χ2n) is 2.49. The molecule has 14 heavy (non-hydrogen) atoms. The van der Waals surface area contributed by atoms with Crippen LogP contribution in [0.15, 0.2) is 14.7 Å². The first-order chi connectivity index (χ1) is 6.51. The summed E-state index contributed by atoms with van der Waals surface area (Å²) < 4.78 is 26.2. The molecule has 0 unspecified atom stereocenters. The number of hydrogen-bond donors (Lipinski definition) is 1. The summed E-state index contributed by atoms with van der Waals surface area (Å²) in [5.41, 5.74) is 0. The van der Waals surface area contributed by atoms with Crippen molar-refractivity contribution in [2.45, 2.75) is 17.7 Å². The van der Waals surface area contributed by atoms with Gasteiger partial charge in [-0.05, 0) is 22.0 Å². The number of halogens is 2. The summed E-state index contributed by atoms with van der Waals surface area (Å²) in [6.07, 6.45) is 0. The molecule has 0 aliphatic rings. The van der Waals surface area contributed by atoms with Gasteiger partial charge in [0.25, 0.3) is 0 Å². The van der Waals surface area contributed by atoms with Crippen LogP contribution < -0.4 is 4.72 Å². The van der Waals surface area contributed by atoms with Crippen LogP contribution in [-0.4, -0.2) is 15.0 Å². The maximum atomic E-state index is 11.6. The zero-order valence-corrected chi connectivity index (χ0v) is 11.4. The molecule has 1 heterocycles. The van der Waals surface area contributed by atoms with Crippen LogP contribution in [0.2, 0.25) is 0 Å². The molecule has 0 saturated heterocycles. The lowest BCUT2D eigenvalue weighted by atomic mass is 10.5. The Kier molecular flexibility index (Phi) is 4.39. The molecule has 80 valence electrons. The van der Waals surface area contributed by atoms with Crippen LogP contribution in [0.5, 0.6) is 0 Å². The van der Waals surface area contributed by atoms with Crippen LogP contribution in [0.25, 0.3) is 0 Å². The molecule has 3 nitrogen and oxygen atoms in total. The van der Waals surface area contributed by atoms with Gasteiger partial charge in [-0.1, -0.05) is 6.92 Å². The van der Waals surface area contributed by atoms with E-state index in [1.54, 1.807) is 13.0 Å². The van der Waals surface area contributed by atoms with E-state index in [1.807, 2.05) is 0 Å². The molecule has 0 spiro atoms. The Balaban J connectivity index is 3.12. The van der Waals surface area contributed by atoms with Gasteiger partial charge in [0, 0.05) is 11.4 Å². The SMILES string of the molecule is CCNS(=O)(=O)c1cc(CCl)sc1Br. The summed E-state index contributed by atoms with van der Waals surface area (Å²) in [5, 5.41) is 0. The first-order valence-corrected chi connectivity index (χ1v) is 7.47. The molecular formula is C7H9BrClNO2S2. The Morgan fingerprint density at radius 3 is 2.71 bits per heavy atom. The van der Waals surface area contributed by atoms with E-state index in [1.165, 1.54) is 11.3 Å². The van der Waals surface area contributed by atoms with Crippen LogP contribution in [0, 0.1) is 0 Å². The molecule has 0 saturated carbocycles. The Morgan fingerprint density at radius 2 is 2.29 bits per heavy atom. The normalized spacial score (nSPS) is 11.9. The average molecular weight is 319 g/mol. The minimum Gasteiger partial charge on any atom is -0.211 e. The third-order valence-corrected chi connectivity index (χ3v) is 5.71. The van der Waals surface area contributed by atoms with Crippen LogP contribution >= 0.6 is 38.9 Å². The Bertz CT molecular complexity index is 415. The zero-order chi connectivity index (χ0) is 10.8. The van der Waals surface area contributed by atoms with Crippen LogP contribution in [0.4, 0.5) is 0 Å². The number of thiophene rings is 1. The molecule has 0 amide bonds. The van der Waals surface area contributed by atoms with Gasteiger partial charge < -0.3 is 0 Å². The van der Waals surface area contributed by atoms with Crippen LogP contribution in [0.3, 0.4) is 0 Å². The van der Waals surface area contributed by atoms with Crippen molar-refractivity contribution in [1.82, 2.24) is 4.72 Å². The van der Waals surface area contributed by atoms with Gasteiger partial charge in [0.15, 0.2) is 0 Å². The molecule has 1 aromatic heterocycles. The molecule has 0 bridgehead atoms. The van der Waals surface area contributed by atoms with Gasteiger partial charge >= 0.3 is 0 Å². The lowest BCUT2D eigenvalue weighted by molar-refractivity contribution is 0.584. The summed E-state index contributed by atoms with van der Waals surface area (Å²) in [7, 11) is -3.38. The largest absolute Gasteiger partial charge is 0.242 e. The van der Waals surface area contributed by atoms with Crippen molar-refractivity contribution in [3.63, 3.8) is 0 Å². The van der Waals surface area contributed by atoms with Crippen molar-refractivity contribution in [3.8, 4) is 0 Å². The average Bonchev–Trinajstić information content (AvgIpc) is 2.47. The molecule has 0 aromatic carbocycles. The quantitative estimate of drug-likeness (QED) is 0.867. The van der Waals surface area contributed by atoms with E-state index in [0.717, 1.165) is 4.88 Å². The van der Waals surface area contributed by atoms with Gasteiger partial charge in [-0.25, -0.2) is 13.1 Å². The number of rotatable bonds is 4. The van der Waals surface area contributed by atoms with E-state index in [4.69, 9.17) is 11.6 Å². The second kappa shape index (κ2) is 4.94. The maximum absolute atomic E-state index is 11.6. The number of alkyl halides is 1. The van der Waals surface area contributed by atoms with Gasteiger partial charge in [-0.15, -0.1) is 22.9 Å². The van der Waals surface area contributed by atoms with Crippen molar-refractivity contribution in [2.75, 3.05) is 6.54 Å². The number of sulfonamides is 1. The standard InChI is InChI=1S/C7H9BrClNO2S2/c1-2-10-14(11,12)6-3-5(4-9)13-7(6)8/h3,10H,2,4H2,1H3. The lowest BCUT2D eigenvalue weighted by Crippen LogP contribution is -2.22. The Hall–Kier alpha value is 0.380. The summed E-state index contributed by atoms with van der Waals surface area (Å²) in [6.45, 7) is 2.11. The van der Waals surface area contributed by atoms with E-state index < -0.39 is 10.0 Å². The fourth-order valence-corrected chi connectivity index (χ4v) is 4.73. The number of nitrogens with one attached hydrogen (secondary N) is 1. The smallest absolute Gasteiger partial charge is 0.211 e.